The van der Waals surface area contributed by atoms with Crippen molar-refractivity contribution < 1.29 is 0 Å². The third-order valence-electron chi connectivity index (χ3n) is 0.0668. The van der Waals surface area contributed by atoms with E-state index >= 15 is 0 Å². The van der Waals surface area contributed by atoms with Crippen LogP contribution in [-0.2, 0) is 0 Å². The molecule has 0 rings (SSSR count). The Kier molecular flexibility index (Phi) is 2.74. The van der Waals surface area contributed by atoms with Crippen molar-refractivity contribution in [1.82, 2.24) is 0 Å². The van der Waals surface area contributed by atoms with E-state index in [1.54, 1.807) is 0 Å². The third-order valence-corrected chi connectivity index (χ3v) is 0.200. The maximum atomic E-state index is 4.76. The van der Waals surface area contributed by atoms with Crippen LogP contribution in [0.25, 0.3) is 0 Å². The number of rotatable bonds is 0. The van der Waals surface area contributed by atoms with Gasteiger partial charge in [-0.3, -0.25) is 0 Å². The lowest BCUT2D eigenvalue weighted by Gasteiger charge is -1.36. The zero-order valence-corrected chi connectivity index (χ0v) is 2.84. The van der Waals surface area contributed by atoms with Gasteiger partial charge in [-0.05, 0) is 11.6 Å². The van der Waals surface area contributed by atoms with E-state index in [1.165, 1.54) is 0 Å². The average Bonchev–Trinajstić information content (AvgIpc) is 1.37. The Morgan fingerprint density at radius 3 is 2.00 bits per heavy atom. The molecule has 4 heavy (non-hydrogen) atoms. The maximum absolute atomic E-state index is 4.76. The highest BCUT2D eigenvalue weighted by Crippen LogP contribution is 1.55. The molecule has 0 saturated carbocycles. The van der Waals surface area contributed by atoms with Gasteiger partial charge in [0.15, 0.2) is 0 Å². The van der Waals surface area contributed by atoms with Crippen molar-refractivity contribution in [3.8, 4) is 11.3 Å². The molecule has 0 aliphatic rings. The minimum Gasteiger partial charge on any atom is -0.0849 e. The smallest absolute Gasteiger partial charge is 0.0211 e. The van der Waals surface area contributed by atoms with Crippen LogP contribution in [0, 0.1) is 18.2 Å². The highest BCUT2D eigenvalue weighted by Gasteiger charge is 1.31. The van der Waals surface area contributed by atoms with Crippen molar-refractivity contribution in [2.24, 2.45) is 0 Å². The molecule has 0 aromatic carbocycles. The summed E-state index contributed by atoms with van der Waals surface area (Å²) in [6.07, 6.45) is 0. The van der Waals surface area contributed by atoms with Crippen LogP contribution in [-0.4, -0.2) is 0 Å². The molecule has 1 radical (unpaired) electrons. The first-order valence-electron chi connectivity index (χ1n) is 0.793. The van der Waals surface area contributed by atoms with Crippen LogP contribution >= 0.6 is 11.6 Å². The minimum absolute atomic E-state index is 2.04. The molecule has 0 atom stereocenters. The molecule has 0 aliphatic carbocycles. The summed E-state index contributed by atoms with van der Waals surface area (Å²) >= 11 is 4.76. The summed E-state index contributed by atoms with van der Waals surface area (Å²) in [4.78, 5) is 0. The Hall–Kier alpha value is -0.150. The van der Waals surface area contributed by atoms with Gasteiger partial charge in [-0.1, -0.05) is 5.92 Å². The van der Waals surface area contributed by atoms with Crippen LogP contribution in [0.2, 0.25) is 0 Å². The van der Waals surface area contributed by atoms with Crippen LogP contribution in [0.5, 0.6) is 0 Å². The Bertz CT molecular complexity index is 40.0. The molecule has 0 heterocycles. The van der Waals surface area contributed by atoms with Gasteiger partial charge in [-0.25, -0.2) is 0 Å². The molecule has 0 aliphatic heterocycles. The summed E-state index contributed by atoms with van der Waals surface area (Å²) < 4.78 is 0. The van der Waals surface area contributed by atoms with E-state index in [0.717, 1.165) is 0 Å². The van der Waals surface area contributed by atoms with Crippen molar-refractivity contribution in [2.75, 3.05) is 0 Å². The molecule has 0 aromatic heterocycles. The van der Waals surface area contributed by atoms with E-state index in [4.69, 9.17) is 11.6 Å². The van der Waals surface area contributed by atoms with Gasteiger partial charge < -0.3 is 0 Å². The molecule has 0 saturated heterocycles. The summed E-state index contributed by atoms with van der Waals surface area (Å²) in [5.41, 5.74) is 0. The van der Waals surface area contributed by atoms with Crippen molar-refractivity contribution in [1.29, 1.82) is 0 Å². The van der Waals surface area contributed by atoms with Gasteiger partial charge in [0.2, 0.25) is 0 Å². The van der Waals surface area contributed by atoms with Crippen molar-refractivity contribution in [3.05, 3.63) is 6.92 Å². The standard InChI is InChI=1S/C3H2Cl/c1-2-3-4/h1H2. The summed E-state index contributed by atoms with van der Waals surface area (Å²) in [7, 11) is 0. The first-order chi connectivity index (χ1) is 1.91. The second-order valence-corrected chi connectivity index (χ2v) is 0.460. The second kappa shape index (κ2) is 2.85. The van der Waals surface area contributed by atoms with Crippen molar-refractivity contribution in [2.45, 2.75) is 0 Å². The van der Waals surface area contributed by atoms with E-state index < -0.39 is 0 Å². The molecule has 0 unspecified atom stereocenters. The Morgan fingerprint density at radius 2 is 2.00 bits per heavy atom. The third kappa shape index (κ3) is 1.85. The Balaban J connectivity index is 2.83. The SMILES string of the molecule is [CH2]C#CCl. The molecule has 0 amide bonds. The van der Waals surface area contributed by atoms with Crippen LogP contribution in [0.4, 0.5) is 0 Å². The number of hydrogen-bond donors (Lipinski definition) is 0. The highest BCUT2D eigenvalue weighted by molar-refractivity contribution is 6.30. The fraction of sp³-hybridized carbons (Fsp3) is 0. The first-order valence-corrected chi connectivity index (χ1v) is 1.17. The quantitative estimate of drug-likeness (QED) is 0.376. The normalized spacial score (nSPS) is 3.50. The molecular weight excluding hydrogens is 71.5 g/mol. The van der Waals surface area contributed by atoms with Gasteiger partial charge in [-0.15, -0.1) is 0 Å². The number of halogens is 1. The van der Waals surface area contributed by atoms with Crippen LogP contribution in [0.1, 0.15) is 0 Å². The van der Waals surface area contributed by atoms with E-state index in [-0.39, 0.29) is 0 Å². The zero-order chi connectivity index (χ0) is 3.41. The van der Waals surface area contributed by atoms with Gasteiger partial charge in [-0.2, -0.15) is 0 Å². The van der Waals surface area contributed by atoms with Crippen molar-refractivity contribution >= 4 is 11.6 Å². The molecule has 0 bridgehead atoms. The first kappa shape index (κ1) is 3.85. The summed E-state index contributed by atoms with van der Waals surface area (Å²) in [6, 6.07) is 0. The van der Waals surface area contributed by atoms with Gasteiger partial charge in [0.1, 0.15) is 0 Å². The van der Waals surface area contributed by atoms with Crippen LogP contribution in [0.3, 0.4) is 0 Å². The fourth-order valence-electron chi connectivity index (χ4n) is 0. The van der Waals surface area contributed by atoms with Gasteiger partial charge in [0.05, 0.1) is 0 Å². The Labute approximate surface area is 30.8 Å². The molecule has 21 valence electrons. The Morgan fingerprint density at radius 1 is 1.75 bits per heavy atom. The molecule has 1 heteroatoms. The second-order valence-electron chi connectivity index (χ2n) is 0.271. The van der Waals surface area contributed by atoms with E-state index in [9.17, 15) is 0 Å². The molecular formula is C3H2Cl. The van der Waals surface area contributed by atoms with Crippen molar-refractivity contribution in [3.63, 3.8) is 0 Å². The van der Waals surface area contributed by atoms with E-state index in [2.05, 4.69) is 12.8 Å². The van der Waals surface area contributed by atoms with E-state index in [1.807, 2.05) is 5.38 Å². The summed E-state index contributed by atoms with van der Waals surface area (Å²) in [6.45, 7) is 3.11. The largest absolute Gasteiger partial charge is 0.0849 e. The van der Waals surface area contributed by atoms with Crippen LogP contribution < -0.4 is 0 Å². The monoisotopic (exact) mass is 73.0 g/mol. The lowest BCUT2D eigenvalue weighted by Crippen LogP contribution is -1.23. The fourth-order valence-corrected chi connectivity index (χ4v) is 0. The van der Waals surface area contributed by atoms with Gasteiger partial charge in [0.25, 0.3) is 0 Å². The predicted molar refractivity (Wildman–Crippen MR) is 19.0 cm³/mol. The van der Waals surface area contributed by atoms with Gasteiger partial charge in [0, 0.05) is 12.3 Å². The summed E-state index contributed by atoms with van der Waals surface area (Å²) in [5, 5.41) is 2.04. The van der Waals surface area contributed by atoms with Gasteiger partial charge >= 0.3 is 0 Å². The zero-order valence-electron chi connectivity index (χ0n) is 2.09. The minimum atomic E-state index is 2.04. The molecule has 0 N–H and O–H groups in total. The summed E-state index contributed by atoms with van der Waals surface area (Å²) in [5.74, 6) is 2.20. The lowest BCUT2D eigenvalue weighted by molar-refractivity contribution is 2.41. The van der Waals surface area contributed by atoms with Crippen LogP contribution in [0.15, 0.2) is 0 Å². The molecule has 0 spiro atoms. The molecule has 0 aromatic rings. The highest BCUT2D eigenvalue weighted by atomic mass is 35.5. The van der Waals surface area contributed by atoms with E-state index in [0.29, 0.717) is 0 Å². The molecule has 0 fully saturated rings. The maximum Gasteiger partial charge on any atom is 0.0211 e. The number of hydrogen-bond acceptors (Lipinski definition) is 0. The lowest BCUT2D eigenvalue weighted by atomic mass is 10.9. The topological polar surface area (TPSA) is 0 Å². The predicted octanol–water partition coefficient (Wildman–Crippen LogP) is 1.02. The molecule has 0 nitrogen and oxygen atoms in total. The average molecular weight is 73.5 g/mol.